The first-order chi connectivity index (χ1) is 15.8. The number of fused-ring (bicyclic) bond motifs is 1. The van der Waals surface area contributed by atoms with E-state index in [0.29, 0.717) is 29.4 Å². The number of amides is 1. The van der Waals surface area contributed by atoms with Gasteiger partial charge in [-0.2, -0.15) is 0 Å². The normalized spacial score (nSPS) is 13.2. The second-order valence-electron chi connectivity index (χ2n) is 8.46. The van der Waals surface area contributed by atoms with Crippen molar-refractivity contribution in [2.45, 2.75) is 39.3 Å². The second-order valence-corrected chi connectivity index (χ2v) is 8.46. The van der Waals surface area contributed by atoms with E-state index < -0.39 is 5.60 Å². The van der Waals surface area contributed by atoms with Gasteiger partial charge in [0.2, 0.25) is 0 Å². The maximum atomic E-state index is 12.6. The SMILES string of the molecule is CCNC(=O)c1cnc(Nc2ccc3c(c2)CCNC3)cc1Nc1ccnc(C(C)(C)O)n1. The quantitative estimate of drug-likeness (QED) is 0.374. The van der Waals surface area contributed by atoms with Crippen molar-refractivity contribution in [1.29, 1.82) is 0 Å². The minimum atomic E-state index is -1.19. The van der Waals surface area contributed by atoms with Crippen molar-refractivity contribution >= 4 is 28.9 Å². The number of carbonyl (C=O) groups excluding carboxylic acids is 1. The van der Waals surface area contributed by atoms with Gasteiger partial charge in [0.15, 0.2) is 5.82 Å². The molecule has 1 aromatic carbocycles. The standard InChI is InChI=1S/C24H29N7O2/c1-4-26-22(32)18-14-28-21(29-17-6-5-16-13-25-9-7-15(16)11-17)12-19(18)30-20-8-10-27-23(31-20)24(2,3)33/h5-6,8,10-12,14,25,33H,4,7,9,13H2,1-3H3,(H,26,32)(H2,27,28,29,30,31). The van der Waals surface area contributed by atoms with Crippen LogP contribution in [-0.4, -0.2) is 39.1 Å². The summed E-state index contributed by atoms with van der Waals surface area (Å²) in [5.41, 5.74) is 3.30. The number of aliphatic hydroxyl groups is 1. The molecular weight excluding hydrogens is 418 g/mol. The van der Waals surface area contributed by atoms with Crippen LogP contribution in [0.2, 0.25) is 0 Å². The van der Waals surface area contributed by atoms with Crippen molar-refractivity contribution in [2.75, 3.05) is 23.7 Å². The molecule has 0 spiro atoms. The van der Waals surface area contributed by atoms with Crippen LogP contribution in [0.5, 0.6) is 0 Å². The van der Waals surface area contributed by atoms with Gasteiger partial charge in [-0.3, -0.25) is 4.79 Å². The molecule has 0 unspecified atom stereocenters. The number of hydrogen-bond donors (Lipinski definition) is 5. The Morgan fingerprint density at radius 1 is 1.12 bits per heavy atom. The van der Waals surface area contributed by atoms with E-state index in [4.69, 9.17) is 0 Å². The zero-order valence-electron chi connectivity index (χ0n) is 19.1. The van der Waals surface area contributed by atoms with E-state index in [1.165, 1.54) is 17.3 Å². The zero-order valence-corrected chi connectivity index (χ0v) is 19.1. The summed E-state index contributed by atoms with van der Waals surface area (Å²) in [6.45, 7) is 7.45. The molecule has 172 valence electrons. The number of aromatic nitrogens is 3. The van der Waals surface area contributed by atoms with Gasteiger partial charge in [0.1, 0.15) is 17.2 Å². The van der Waals surface area contributed by atoms with Crippen LogP contribution in [0.15, 0.2) is 42.7 Å². The molecular formula is C24H29N7O2. The maximum Gasteiger partial charge on any atom is 0.254 e. The first kappa shape index (κ1) is 22.6. The third-order valence-electron chi connectivity index (χ3n) is 5.32. The molecule has 5 N–H and O–H groups in total. The summed E-state index contributed by atoms with van der Waals surface area (Å²) in [5, 5.41) is 23.0. The Kier molecular flexibility index (Phi) is 6.52. The molecule has 0 saturated heterocycles. The predicted octanol–water partition coefficient (Wildman–Crippen LogP) is 2.98. The van der Waals surface area contributed by atoms with Crippen molar-refractivity contribution in [2.24, 2.45) is 0 Å². The van der Waals surface area contributed by atoms with E-state index in [0.717, 1.165) is 25.2 Å². The van der Waals surface area contributed by atoms with Crippen LogP contribution in [0.3, 0.4) is 0 Å². The number of pyridine rings is 1. The van der Waals surface area contributed by atoms with Gasteiger partial charge in [-0.05, 0) is 63.1 Å². The molecule has 9 nitrogen and oxygen atoms in total. The number of nitrogens with one attached hydrogen (secondary N) is 4. The Hall–Kier alpha value is -3.56. The molecule has 4 rings (SSSR count). The molecule has 3 heterocycles. The topological polar surface area (TPSA) is 124 Å². The second kappa shape index (κ2) is 9.51. The fraction of sp³-hybridized carbons (Fsp3) is 0.333. The third-order valence-corrected chi connectivity index (χ3v) is 5.32. The summed E-state index contributed by atoms with van der Waals surface area (Å²) in [7, 11) is 0. The number of benzene rings is 1. The number of rotatable bonds is 7. The molecule has 9 heteroatoms. The van der Waals surface area contributed by atoms with Crippen molar-refractivity contribution in [1.82, 2.24) is 25.6 Å². The number of nitrogens with zero attached hydrogens (tertiary/aromatic N) is 3. The average molecular weight is 448 g/mol. The molecule has 0 saturated carbocycles. The van der Waals surface area contributed by atoms with E-state index in [1.807, 2.05) is 13.0 Å². The van der Waals surface area contributed by atoms with Gasteiger partial charge >= 0.3 is 0 Å². The Bertz CT molecular complexity index is 1160. The number of anilines is 4. The largest absolute Gasteiger partial charge is 0.382 e. The lowest BCUT2D eigenvalue weighted by atomic mass is 10.0. The molecule has 1 amide bonds. The van der Waals surface area contributed by atoms with Crippen molar-refractivity contribution < 1.29 is 9.90 Å². The van der Waals surface area contributed by atoms with Crippen LogP contribution in [0.4, 0.5) is 23.0 Å². The minimum Gasteiger partial charge on any atom is -0.382 e. The van der Waals surface area contributed by atoms with Gasteiger partial charge in [0.25, 0.3) is 5.91 Å². The monoisotopic (exact) mass is 447 g/mol. The lowest BCUT2D eigenvalue weighted by Crippen LogP contribution is -2.24. The maximum absolute atomic E-state index is 12.6. The lowest BCUT2D eigenvalue weighted by Gasteiger charge is -2.19. The molecule has 0 aliphatic carbocycles. The van der Waals surface area contributed by atoms with E-state index in [1.54, 1.807) is 32.2 Å². The summed E-state index contributed by atoms with van der Waals surface area (Å²) in [5.74, 6) is 1.10. The van der Waals surface area contributed by atoms with E-state index in [9.17, 15) is 9.90 Å². The van der Waals surface area contributed by atoms with Crippen LogP contribution in [0.1, 0.15) is 48.1 Å². The van der Waals surface area contributed by atoms with E-state index in [-0.39, 0.29) is 11.7 Å². The summed E-state index contributed by atoms with van der Waals surface area (Å²) in [6.07, 6.45) is 4.09. The Labute approximate surface area is 193 Å². The van der Waals surface area contributed by atoms with Gasteiger partial charge in [0, 0.05) is 37.2 Å². The van der Waals surface area contributed by atoms with Crippen LogP contribution < -0.4 is 21.3 Å². The Morgan fingerprint density at radius 2 is 1.97 bits per heavy atom. The molecule has 0 bridgehead atoms. The summed E-state index contributed by atoms with van der Waals surface area (Å²) >= 11 is 0. The third kappa shape index (κ3) is 5.44. The summed E-state index contributed by atoms with van der Waals surface area (Å²) < 4.78 is 0. The fourth-order valence-corrected chi connectivity index (χ4v) is 3.63. The number of hydrogen-bond acceptors (Lipinski definition) is 8. The number of carbonyl (C=O) groups is 1. The molecule has 0 atom stereocenters. The van der Waals surface area contributed by atoms with Gasteiger partial charge in [0.05, 0.1) is 11.3 Å². The van der Waals surface area contributed by atoms with Crippen LogP contribution in [-0.2, 0) is 18.6 Å². The van der Waals surface area contributed by atoms with Gasteiger partial charge in [-0.1, -0.05) is 6.07 Å². The van der Waals surface area contributed by atoms with Gasteiger partial charge in [-0.25, -0.2) is 15.0 Å². The highest BCUT2D eigenvalue weighted by atomic mass is 16.3. The van der Waals surface area contributed by atoms with E-state index in [2.05, 4.69) is 48.4 Å². The Morgan fingerprint density at radius 3 is 2.76 bits per heavy atom. The Balaban J connectivity index is 1.64. The minimum absolute atomic E-state index is 0.239. The molecule has 1 aliphatic heterocycles. The van der Waals surface area contributed by atoms with Crippen LogP contribution >= 0.6 is 0 Å². The van der Waals surface area contributed by atoms with E-state index >= 15 is 0 Å². The van der Waals surface area contributed by atoms with Crippen molar-refractivity contribution in [3.05, 3.63) is 65.2 Å². The average Bonchev–Trinajstić information content (AvgIpc) is 2.79. The first-order valence-corrected chi connectivity index (χ1v) is 11.0. The molecule has 2 aromatic heterocycles. The summed E-state index contributed by atoms with van der Waals surface area (Å²) in [4.78, 5) is 25.6. The smallest absolute Gasteiger partial charge is 0.254 e. The van der Waals surface area contributed by atoms with Crippen LogP contribution in [0, 0.1) is 0 Å². The molecule has 1 aliphatic rings. The lowest BCUT2D eigenvalue weighted by molar-refractivity contribution is 0.0688. The molecule has 0 fully saturated rings. The predicted molar refractivity (Wildman–Crippen MR) is 128 cm³/mol. The first-order valence-electron chi connectivity index (χ1n) is 11.0. The fourth-order valence-electron chi connectivity index (χ4n) is 3.63. The van der Waals surface area contributed by atoms with Crippen LogP contribution in [0.25, 0.3) is 0 Å². The van der Waals surface area contributed by atoms with Crippen molar-refractivity contribution in [3.8, 4) is 0 Å². The van der Waals surface area contributed by atoms with Gasteiger partial charge in [-0.15, -0.1) is 0 Å². The molecule has 0 radical (unpaired) electrons. The van der Waals surface area contributed by atoms with Crippen molar-refractivity contribution in [3.63, 3.8) is 0 Å². The zero-order chi connectivity index (χ0) is 23.4. The molecule has 3 aromatic rings. The highest BCUT2D eigenvalue weighted by Gasteiger charge is 2.20. The highest BCUT2D eigenvalue weighted by molar-refractivity contribution is 6.00. The highest BCUT2D eigenvalue weighted by Crippen LogP contribution is 2.27. The molecule has 33 heavy (non-hydrogen) atoms. The summed E-state index contributed by atoms with van der Waals surface area (Å²) in [6, 6.07) is 9.74. The van der Waals surface area contributed by atoms with Gasteiger partial charge < -0.3 is 26.4 Å².